The molecule has 3 unspecified atom stereocenters. The van der Waals surface area contributed by atoms with Gasteiger partial charge < -0.3 is 28.5 Å². The maximum atomic E-state index is 13.6. The molecule has 1 N–H and O–H groups in total. The Morgan fingerprint density at radius 2 is 0.772 bits per heavy atom. The number of esters is 1. The number of hydrogen-bond donors (Lipinski definition) is 1. The highest BCUT2D eigenvalue weighted by Gasteiger charge is 2.27. The van der Waals surface area contributed by atoms with Gasteiger partial charge in [-0.1, -0.05) is 261 Å². The van der Waals surface area contributed by atoms with E-state index in [-0.39, 0.29) is 24.9 Å². The average Bonchev–Trinajstić information content (AvgIpc) is 3.41. The molecule has 1 amide bonds. The summed E-state index contributed by atoms with van der Waals surface area (Å²) in [4.78, 5) is 40.1. The molecule has 0 aliphatic rings. The van der Waals surface area contributed by atoms with E-state index < -0.39 is 26.6 Å². The molecule has 79 heavy (non-hydrogen) atoms. The van der Waals surface area contributed by atoms with E-state index in [4.69, 9.17) is 13.8 Å². The maximum absolute atomic E-state index is 13.6. The van der Waals surface area contributed by atoms with E-state index in [2.05, 4.69) is 86.8 Å². The van der Waals surface area contributed by atoms with Crippen LogP contribution in [-0.2, 0) is 27.9 Å². The van der Waals surface area contributed by atoms with Crippen LogP contribution in [0.4, 0.5) is 0 Å². The second-order valence-corrected chi connectivity index (χ2v) is 25.0. The topological polar surface area (TPSA) is 114 Å². The van der Waals surface area contributed by atoms with Gasteiger partial charge in [-0.25, -0.2) is 0 Å². The molecule has 3 atom stereocenters. The number of carbonyl (C=O) groups excluding carboxylic acids is 2. The Labute approximate surface area is 489 Å². The minimum atomic E-state index is -4.70. The van der Waals surface area contributed by atoms with Crippen LogP contribution in [0, 0.1) is 0 Å². The average molecular weight is 1130 g/mol. The largest absolute Gasteiger partial charge is 0.756 e. The van der Waals surface area contributed by atoms with Crippen LogP contribution < -0.4 is 10.2 Å². The molecule has 9 nitrogen and oxygen atoms in total. The minimum Gasteiger partial charge on any atom is -0.756 e. The van der Waals surface area contributed by atoms with Crippen LogP contribution in [0.5, 0.6) is 0 Å². The third-order valence-electron chi connectivity index (χ3n) is 14.6. The van der Waals surface area contributed by atoms with Gasteiger partial charge in [-0.05, 0) is 102 Å². The number of unbranched alkanes of at least 4 members (excludes halogenated alkanes) is 34. The highest BCUT2D eigenvalue weighted by molar-refractivity contribution is 7.45. The second kappa shape index (κ2) is 58.6. The number of phosphoric ester groups is 1. The highest BCUT2D eigenvalue weighted by atomic mass is 31.2. The Morgan fingerprint density at radius 3 is 1.19 bits per heavy atom. The third kappa shape index (κ3) is 59.9. The first-order chi connectivity index (χ1) is 38.4. The summed E-state index contributed by atoms with van der Waals surface area (Å²) in [5, 5.41) is 3.03. The third-order valence-corrected chi connectivity index (χ3v) is 15.6. The summed E-state index contributed by atoms with van der Waals surface area (Å²) in [6.07, 6.45) is 75.8. The highest BCUT2D eigenvalue weighted by Crippen LogP contribution is 2.38. The zero-order chi connectivity index (χ0) is 57.9. The number of carbonyl (C=O) groups is 2. The van der Waals surface area contributed by atoms with Gasteiger partial charge in [-0.2, -0.15) is 0 Å². The fraction of sp³-hybridized carbons (Fsp3) is 0.797. The summed E-state index contributed by atoms with van der Waals surface area (Å²) in [5.41, 5.74) is 0. The fourth-order valence-corrected chi connectivity index (χ4v) is 10.2. The molecule has 0 saturated carbocycles. The van der Waals surface area contributed by atoms with Gasteiger partial charge in [0.05, 0.1) is 33.8 Å². The van der Waals surface area contributed by atoms with Crippen molar-refractivity contribution in [2.75, 3.05) is 40.9 Å². The van der Waals surface area contributed by atoms with E-state index in [1.807, 2.05) is 33.3 Å². The number of nitrogens with one attached hydrogen (secondary N) is 1. The lowest BCUT2D eigenvalue weighted by molar-refractivity contribution is -0.870. The summed E-state index contributed by atoms with van der Waals surface area (Å²) in [7, 11) is 1.18. The first-order valence-corrected chi connectivity index (χ1v) is 34.7. The number of quaternary nitrogens is 1. The molecule has 0 fully saturated rings. The summed E-state index contributed by atoms with van der Waals surface area (Å²) in [5.74, 6) is -0.551. The van der Waals surface area contributed by atoms with Gasteiger partial charge in [0.15, 0.2) is 0 Å². The SMILES string of the molecule is CCCCC/C=C\C/C=C\C/C=C\C/C=C\CCCCCCCCCC(=O)OC(/C=C/CCCCCCCCCCC)C(COP(=O)([O-])OCC[N+](C)(C)C)NC(=O)CCCCCCCCCCC/C=C/CCCCCCCC. The van der Waals surface area contributed by atoms with Crippen molar-refractivity contribution in [2.24, 2.45) is 0 Å². The molecule has 0 aliphatic carbocycles. The summed E-state index contributed by atoms with van der Waals surface area (Å²) >= 11 is 0. The smallest absolute Gasteiger partial charge is 0.306 e. The summed E-state index contributed by atoms with van der Waals surface area (Å²) in [6, 6.07) is -0.896. The number of ether oxygens (including phenoxy) is 1. The number of phosphoric acid groups is 1. The molecule has 10 heteroatoms. The van der Waals surface area contributed by atoms with Gasteiger partial charge in [0.2, 0.25) is 5.91 Å². The van der Waals surface area contributed by atoms with Gasteiger partial charge in [0, 0.05) is 12.8 Å². The summed E-state index contributed by atoms with van der Waals surface area (Å²) < 4.78 is 30.4. The van der Waals surface area contributed by atoms with E-state index in [0.29, 0.717) is 17.4 Å². The van der Waals surface area contributed by atoms with Crippen molar-refractivity contribution in [1.29, 1.82) is 0 Å². The Morgan fingerprint density at radius 1 is 0.443 bits per heavy atom. The molecule has 0 saturated heterocycles. The van der Waals surface area contributed by atoms with Crippen LogP contribution in [0.2, 0.25) is 0 Å². The van der Waals surface area contributed by atoms with Crippen molar-refractivity contribution < 1.29 is 37.3 Å². The molecule has 0 rings (SSSR count). The van der Waals surface area contributed by atoms with Crippen molar-refractivity contribution in [3.63, 3.8) is 0 Å². The van der Waals surface area contributed by atoms with Crippen LogP contribution in [-0.4, -0.2) is 69.4 Å². The van der Waals surface area contributed by atoms with Crippen LogP contribution in [0.25, 0.3) is 0 Å². The molecule has 0 aromatic rings. The van der Waals surface area contributed by atoms with Gasteiger partial charge >= 0.3 is 5.97 Å². The number of nitrogens with zero attached hydrogens (tertiary/aromatic N) is 1. The van der Waals surface area contributed by atoms with E-state index in [1.165, 1.54) is 173 Å². The molecule has 0 heterocycles. The first-order valence-electron chi connectivity index (χ1n) is 33.2. The Balaban J connectivity index is 5.15. The van der Waals surface area contributed by atoms with Crippen molar-refractivity contribution in [1.82, 2.24) is 5.32 Å². The molecule has 0 radical (unpaired) electrons. The van der Waals surface area contributed by atoms with Gasteiger partial charge in [-0.15, -0.1) is 0 Å². The van der Waals surface area contributed by atoms with Crippen LogP contribution in [0.15, 0.2) is 72.9 Å². The van der Waals surface area contributed by atoms with E-state index >= 15 is 0 Å². The van der Waals surface area contributed by atoms with E-state index in [0.717, 1.165) is 96.3 Å². The standard InChI is InChI=1S/C69H127N2O7P/c1-7-10-13-16-19-22-25-27-29-31-33-34-35-36-38-40-42-44-47-50-53-56-59-62-69(73)78-67(60-57-54-51-48-45-24-21-18-15-12-9-3)66(65-77-79(74,75)76-64-63-71(4,5)6)70-68(72)61-58-55-52-49-46-43-41-39-37-32-30-28-26-23-20-17-14-11-8-2/h19,22,27-30,33-34,36,38,57,60,66-67H,7-18,20-21,23-26,31-32,35,37,39-56,58-59,61-65H2,1-6H3,(H-,70,72,74,75)/b22-19-,29-27-,30-28+,34-33-,38-36-,60-57+. The van der Waals surface area contributed by atoms with Crippen LogP contribution in [0.1, 0.15) is 303 Å². The molecule has 0 aromatic heterocycles. The Bertz CT molecular complexity index is 1580. The number of likely N-dealkylation sites (N-methyl/N-ethyl adjacent to an activating group) is 1. The van der Waals surface area contributed by atoms with Crippen LogP contribution >= 0.6 is 7.82 Å². The maximum Gasteiger partial charge on any atom is 0.306 e. The number of hydrogen-bond acceptors (Lipinski definition) is 7. The van der Waals surface area contributed by atoms with Crippen molar-refractivity contribution in [2.45, 2.75) is 315 Å². The molecular weight excluding hydrogens is 1000 g/mol. The normalized spacial score (nSPS) is 14.1. The monoisotopic (exact) mass is 1130 g/mol. The quantitative estimate of drug-likeness (QED) is 0.0212. The molecule has 460 valence electrons. The predicted molar refractivity (Wildman–Crippen MR) is 339 cm³/mol. The van der Waals surface area contributed by atoms with Crippen molar-refractivity contribution in [3.8, 4) is 0 Å². The number of allylic oxidation sites excluding steroid dienone is 11. The zero-order valence-corrected chi connectivity index (χ0v) is 53.5. The van der Waals surface area contributed by atoms with Crippen molar-refractivity contribution in [3.05, 3.63) is 72.9 Å². The van der Waals surface area contributed by atoms with Gasteiger partial charge in [0.1, 0.15) is 19.3 Å². The zero-order valence-electron chi connectivity index (χ0n) is 52.6. The first kappa shape index (κ1) is 76.5. The lowest BCUT2D eigenvalue weighted by atomic mass is 10.0. The van der Waals surface area contributed by atoms with Crippen molar-refractivity contribution >= 4 is 19.7 Å². The molecule has 0 bridgehead atoms. The molecule has 0 spiro atoms. The number of rotatable bonds is 60. The number of amides is 1. The van der Waals surface area contributed by atoms with Gasteiger partial charge in [-0.3, -0.25) is 14.2 Å². The minimum absolute atomic E-state index is 0.0263. The lowest BCUT2D eigenvalue weighted by Gasteiger charge is -2.30. The van der Waals surface area contributed by atoms with Gasteiger partial charge in [0.25, 0.3) is 7.82 Å². The second-order valence-electron chi connectivity index (χ2n) is 23.6. The summed E-state index contributed by atoms with van der Waals surface area (Å²) in [6.45, 7) is 6.82. The predicted octanol–water partition coefficient (Wildman–Crippen LogP) is 20.2. The Hall–Kier alpha value is -2.55. The fourth-order valence-electron chi connectivity index (χ4n) is 9.44. The Kier molecular flexibility index (Phi) is 56.7. The van der Waals surface area contributed by atoms with E-state index in [1.54, 1.807) is 0 Å². The lowest BCUT2D eigenvalue weighted by Crippen LogP contribution is -2.47. The molecule has 0 aliphatic heterocycles. The van der Waals surface area contributed by atoms with E-state index in [9.17, 15) is 19.0 Å². The molecular formula is C69H127N2O7P. The molecule has 0 aromatic carbocycles. The van der Waals surface area contributed by atoms with Crippen LogP contribution in [0.3, 0.4) is 0 Å².